The molecule has 8 atom stereocenters. The number of carbonyl (C=O) groups is 2. The molecule has 0 aromatic carbocycles. The molecule has 1 saturated heterocycles. The number of ether oxygens (including phenoxy) is 5. The van der Waals surface area contributed by atoms with Crippen molar-refractivity contribution in [2.75, 3.05) is 53.2 Å². The molecule has 3 aliphatic heterocycles. The van der Waals surface area contributed by atoms with Crippen molar-refractivity contribution in [2.45, 2.75) is 107 Å². The lowest BCUT2D eigenvalue weighted by molar-refractivity contribution is -0.843. The minimum Gasteiger partial charge on any atom is -0.478 e. The maximum Gasteiger partial charge on any atom is 0.339 e. The van der Waals surface area contributed by atoms with Crippen LogP contribution >= 0.6 is 0 Å². The van der Waals surface area contributed by atoms with Gasteiger partial charge in [-0.1, -0.05) is 30.2 Å². The molecule has 0 aromatic heterocycles. The fourth-order valence-electron chi connectivity index (χ4n) is 8.03. The van der Waals surface area contributed by atoms with E-state index in [1.54, 1.807) is 25.4 Å². The maximum atomic E-state index is 14.1. The number of quaternary nitrogens is 1. The lowest BCUT2D eigenvalue weighted by Crippen LogP contribution is -3.09. The number of nitrogens with one attached hydrogen (secondary N) is 3. The van der Waals surface area contributed by atoms with Gasteiger partial charge in [-0.25, -0.2) is 9.59 Å². The zero-order chi connectivity index (χ0) is 42.5. The Kier molecular flexibility index (Phi) is 17.4. The lowest BCUT2D eigenvalue weighted by atomic mass is 9.80. The molecule has 19 nitrogen and oxygen atoms in total. The zero-order valence-electron chi connectivity index (χ0n) is 33.5. The summed E-state index contributed by atoms with van der Waals surface area (Å²) < 4.78 is 30.1. The van der Waals surface area contributed by atoms with Crippen molar-refractivity contribution in [3.05, 3.63) is 58.7 Å². The van der Waals surface area contributed by atoms with Crippen LogP contribution in [0.4, 0.5) is 0 Å². The average Bonchev–Trinajstić information content (AvgIpc) is 3.73. The number of guanidine groups is 1. The van der Waals surface area contributed by atoms with Gasteiger partial charge in [0.25, 0.3) is 0 Å². The molecule has 2 saturated carbocycles. The zero-order valence-corrected chi connectivity index (χ0v) is 33.5. The van der Waals surface area contributed by atoms with Gasteiger partial charge in [0.05, 0.1) is 49.0 Å². The van der Waals surface area contributed by atoms with Gasteiger partial charge in [-0.3, -0.25) is 10.3 Å². The molecule has 3 fully saturated rings. The second-order valence-electron chi connectivity index (χ2n) is 15.4. The van der Waals surface area contributed by atoms with Crippen LogP contribution in [-0.4, -0.2) is 150 Å². The first-order chi connectivity index (χ1) is 28.4. The number of aliphatic hydroxyl groups is 6. The summed E-state index contributed by atoms with van der Waals surface area (Å²) in [6.07, 6.45) is 8.09. The van der Waals surface area contributed by atoms with Crippen molar-refractivity contribution < 1.29 is 73.9 Å². The Balaban J connectivity index is 1.61. The standard InChI is InChI=1S/C40H61N5O14/c1-42-23-56-34-38(58-31(21-48)33(49)40(34,53)54)59-37-28(18-24-8-3-2-4-9-24)27(30(22-55-37)36(52)57-26-10-5-6-11-26)13-12-25-19-45(15-17-47)20-29(35(50)51)32(25)44-39(41)43-14-7-16-46/h12-13,18-19,22,26-28,31,33-34,37-38,42,46-49,53-54H,2-11,14-17,20-21,23H2,1H3,(H,50,51)(H3,41,43,44)/p+1/b13-12+/t27-,28+,31+,33+,34-,37-,38-/m0/s1. The van der Waals surface area contributed by atoms with E-state index < -0.39 is 67.1 Å². The number of aliphatic hydroxyl groups excluding tert-OH is 4. The van der Waals surface area contributed by atoms with Gasteiger partial charge in [0.15, 0.2) is 18.4 Å². The van der Waals surface area contributed by atoms with E-state index in [-0.39, 0.29) is 68.5 Å². The Labute approximate surface area is 343 Å². The predicted octanol–water partition coefficient (Wildman–Crippen LogP) is -1.87. The summed E-state index contributed by atoms with van der Waals surface area (Å²) in [5, 5.41) is 78.0. The van der Waals surface area contributed by atoms with E-state index in [0.717, 1.165) is 50.5 Å². The molecule has 12 N–H and O–H groups in total. The van der Waals surface area contributed by atoms with Gasteiger partial charge < -0.3 is 75.4 Å². The smallest absolute Gasteiger partial charge is 0.339 e. The Hall–Kier alpha value is -3.73. The Morgan fingerprint density at radius 3 is 2.49 bits per heavy atom. The lowest BCUT2D eigenvalue weighted by Gasteiger charge is -2.47. The molecular formula is C40H62N5O14+. The summed E-state index contributed by atoms with van der Waals surface area (Å²) >= 11 is 0. The van der Waals surface area contributed by atoms with Gasteiger partial charge in [0.1, 0.15) is 43.2 Å². The minimum atomic E-state index is -2.93. The van der Waals surface area contributed by atoms with Crippen molar-refractivity contribution in [1.82, 2.24) is 10.6 Å². The maximum absolute atomic E-state index is 14.1. The van der Waals surface area contributed by atoms with Gasteiger partial charge in [-0.15, -0.1) is 0 Å². The fraction of sp³-hybridized carbons (Fsp3) is 0.675. The van der Waals surface area contributed by atoms with E-state index in [1.807, 2.05) is 6.08 Å². The van der Waals surface area contributed by atoms with E-state index in [9.17, 15) is 45.3 Å². The van der Waals surface area contributed by atoms with Crippen LogP contribution in [0.2, 0.25) is 0 Å². The molecule has 0 amide bonds. The second kappa shape index (κ2) is 22.2. The molecule has 5 aliphatic rings. The first-order valence-electron chi connectivity index (χ1n) is 20.5. The molecular weight excluding hydrogens is 774 g/mol. The molecule has 2 aliphatic carbocycles. The third kappa shape index (κ3) is 12.0. The second-order valence-corrected chi connectivity index (χ2v) is 15.4. The summed E-state index contributed by atoms with van der Waals surface area (Å²) in [6.45, 7) is -0.917. The molecule has 19 heteroatoms. The number of carbonyl (C=O) groups excluding carboxylic acids is 1. The van der Waals surface area contributed by atoms with E-state index in [2.05, 4.69) is 15.6 Å². The third-order valence-electron chi connectivity index (χ3n) is 11.2. The fourth-order valence-corrected chi connectivity index (χ4v) is 8.03. The van der Waals surface area contributed by atoms with Crippen LogP contribution < -0.4 is 21.3 Å². The highest BCUT2D eigenvalue weighted by atomic mass is 16.8. The summed E-state index contributed by atoms with van der Waals surface area (Å²) in [6, 6.07) is 0. The van der Waals surface area contributed by atoms with Crippen molar-refractivity contribution in [1.29, 1.82) is 0 Å². The molecule has 1 unspecified atom stereocenters. The topological polar surface area (TPSA) is 289 Å². The molecule has 5 rings (SSSR count). The number of carboxylic acid groups (broad SMARTS) is 1. The molecule has 0 aromatic rings. The van der Waals surface area contributed by atoms with Gasteiger partial charge >= 0.3 is 11.9 Å². The van der Waals surface area contributed by atoms with E-state index in [0.29, 0.717) is 29.7 Å². The minimum absolute atomic E-state index is 0.0131. The Bertz CT molecular complexity index is 1610. The average molecular weight is 837 g/mol. The van der Waals surface area contributed by atoms with Crippen LogP contribution in [0.25, 0.3) is 0 Å². The van der Waals surface area contributed by atoms with Crippen molar-refractivity contribution >= 4 is 17.9 Å². The van der Waals surface area contributed by atoms with Crippen LogP contribution in [-0.2, 0) is 33.3 Å². The molecule has 3 heterocycles. The number of aliphatic carboxylic acids is 1. The van der Waals surface area contributed by atoms with Crippen LogP contribution in [0.15, 0.2) is 63.7 Å². The Morgan fingerprint density at radius 1 is 1.08 bits per heavy atom. The molecule has 330 valence electrons. The van der Waals surface area contributed by atoms with E-state index >= 15 is 0 Å². The van der Waals surface area contributed by atoms with Crippen molar-refractivity contribution in [3.8, 4) is 0 Å². The van der Waals surface area contributed by atoms with Crippen molar-refractivity contribution in [2.24, 2.45) is 22.6 Å². The number of aliphatic imine (C=N–C) groups is 1. The quantitative estimate of drug-likeness (QED) is 0.0180. The number of allylic oxidation sites excluding steroid dienone is 3. The summed E-state index contributed by atoms with van der Waals surface area (Å²) in [7, 11) is 1.56. The van der Waals surface area contributed by atoms with Gasteiger partial charge in [-0.05, 0) is 64.8 Å². The molecule has 0 spiro atoms. The van der Waals surface area contributed by atoms with Crippen molar-refractivity contribution in [3.63, 3.8) is 0 Å². The van der Waals surface area contributed by atoms with Gasteiger partial charge in [0.2, 0.25) is 12.1 Å². The molecule has 0 bridgehead atoms. The predicted molar refractivity (Wildman–Crippen MR) is 209 cm³/mol. The number of nitrogens with two attached hydrogens (primary N) is 1. The highest BCUT2D eigenvalue weighted by Gasteiger charge is 2.57. The van der Waals surface area contributed by atoms with E-state index in [4.69, 9.17) is 29.4 Å². The largest absolute Gasteiger partial charge is 0.478 e. The normalized spacial score (nSPS) is 30.5. The summed E-state index contributed by atoms with van der Waals surface area (Å²) in [4.78, 5) is 31.6. The number of carboxylic acids is 1. The number of nitrogens with zero attached hydrogens (tertiary/aromatic N) is 1. The highest BCUT2D eigenvalue weighted by Crippen LogP contribution is 2.40. The number of rotatable bonds is 18. The first kappa shape index (κ1) is 46.3. The Morgan fingerprint density at radius 2 is 1.83 bits per heavy atom. The van der Waals surface area contributed by atoms with Gasteiger partial charge in [-0.2, -0.15) is 0 Å². The SMILES string of the molecule is CNCO[C@H]1[C@H](O[C@@H]2OC=C(C(=O)OC3CCCC3)[C@@H](/C=C/C3=C[NH+](CCO)CC(C(=O)O)=C3NC(N)=NCCCO)[C@H]2C=C2CCCCC2)O[C@H](CO)[C@@H](O)C1(O)O. The first-order valence-corrected chi connectivity index (χ1v) is 20.5. The monoisotopic (exact) mass is 836 g/mol. The van der Waals surface area contributed by atoms with Crippen LogP contribution in [0.1, 0.15) is 64.2 Å². The van der Waals surface area contributed by atoms with Gasteiger partial charge in [0, 0.05) is 19.1 Å². The summed E-state index contributed by atoms with van der Waals surface area (Å²) in [5.41, 5.74) is 7.92. The number of esters is 1. The van der Waals surface area contributed by atoms with Crippen LogP contribution in [0.5, 0.6) is 0 Å². The van der Waals surface area contributed by atoms with E-state index in [1.165, 1.54) is 6.26 Å². The number of hydrogen-bond acceptors (Lipinski definition) is 15. The molecule has 0 radical (unpaired) electrons. The highest BCUT2D eigenvalue weighted by molar-refractivity contribution is 5.92. The summed E-state index contributed by atoms with van der Waals surface area (Å²) in [5.74, 6) is -6.48. The number of hydrogen-bond donors (Lipinski definition) is 11. The third-order valence-corrected chi connectivity index (χ3v) is 11.2. The van der Waals surface area contributed by atoms with Crippen LogP contribution in [0, 0.1) is 11.8 Å². The molecule has 59 heavy (non-hydrogen) atoms. The van der Waals surface area contributed by atoms with Crippen LogP contribution in [0.3, 0.4) is 0 Å².